The molecule has 2 amide bonds. The third-order valence-corrected chi connectivity index (χ3v) is 8.76. The van der Waals surface area contributed by atoms with Crippen LogP contribution in [-0.2, 0) is 14.3 Å². The van der Waals surface area contributed by atoms with Crippen LogP contribution in [0.15, 0.2) is 52.0 Å². The highest BCUT2D eigenvalue weighted by molar-refractivity contribution is 6.03. The summed E-state index contributed by atoms with van der Waals surface area (Å²) in [6, 6.07) is 0.0909. The molecular formula is C33H48N6O4. The number of hydrogen-bond donors (Lipinski definition) is 1. The number of ether oxygens (including phenoxy) is 2. The highest BCUT2D eigenvalue weighted by atomic mass is 16.5. The molecule has 4 heterocycles. The van der Waals surface area contributed by atoms with E-state index in [9.17, 15) is 9.59 Å². The lowest BCUT2D eigenvalue weighted by Gasteiger charge is -2.35. The number of nitrogens with one attached hydrogen (secondary N) is 1. The smallest absolute Gasteiger partial charge is 0.255 e. The van der Waals surface area contributed by atoms with Gasteiger partial charge in [-0.1, -0.05) is 18.6 Å². The number of aliphatic imine (C=N–C) groups is 1. The Morgan fingerprint density at radius 2 is 1.95 bits per heavy atom. The van der Waals surface area contributed by atoms with Gasteiger partial charge in [0, 0.05) is 57.7 Å². The average Bonchev–Trinajstić information content (AvgIpc) is 3.46. The first-order chi connectivity index (χ1) is 20.8. The van der Waals surface area contributed by atoms with Crippen LogP contribution in [0, 0.1) is 0 Å². The van der Waals surface area contributed by atoms with Crippen LogP contribution < -0.4 is 5.32 Å². The maximum Gasteiger partial charge on any atom is 0.255 e. The van der Waals surface area contributed by atoms with E-state index in [1.165, 1.54) is 0 Å². The first-order valence-electron chi connectivity index (χ1n) is 15.5. The zero-order valence-electron chi connectivity index (χ0n) is 26.5. The number of piperazine rings is 1. The number of carbonyl (C=O) groups excluding carboxylic acids is 2. The van der Waals surface area contributed by atoms with Crippen LogP contribution >= 0.6 is 0 Å². The number of amides is 2. The van der Waals surface area contributed by atoms with E-state index < -0.39 is 0 Å². The van der Waals surface area contributed by atoms with Gasteiger partial charge in [-0.2, -0.15) is 5.10 Å². The molecule has 4 rings (SSSR count). The number of aromatic nitrogens is 2. The first-order valence-corrected chi connectivity index (χ1v) is 15.5. The Morgan fingerprint density at radius 1 is 1.23 bits per heavy atom. The third kappa shape index (κ3) is 7.92. The fourth-order valence-electron chi connectivity index (χ4n) is 6.06. The van der Waals surface area contributed by atoms with Crippen LogP contribution in [0.2, 0.25) is 0 Å². The SMILES string of the molecule is C=N/C=C(\C=C(/C)OC)CN1CCN(C(=O)/C(CC/C=C2/c3c(cnn3C3CCOCC3)C(=O)NC2C)=C(\C)CC)CC1. The van der Waals surface area contributed by atoms with Gasteiger partial charge in [0.1, 0.15) is 0 Å². The van der Waals surface area contributed by atoms with E-state index in [2.05, 4.69) is 46.9 Å². The molecule has 0 spiro atoms. The van der Waals surface area contributed by atoms with E-state index in [0.717, 1.165) is 72.6 Å². The fourth-order valence-corrected chi connectivity index (χ4v) is 6.06. The van der Waals surface area contributed by atoms with Crippen molar-refractivity contribution in [1.29, 1.82) is 0 Å². The van der Waals surface area contributed by atoms with Crippen molar-refractivity contribution < 1.29 is 19.1 Å². The highest BCUT2D eigenvalue weighted by Gasteiger charge is 2.33. The quantitative estimate of drug-likeness (QED) is 0.175. The summed E-state index contributed by atoms with van der Waals surface area (Å²) in [7, 11) is 1.65. The van der Waals surface area contributed by atoms with Crippen molar-refractivity contribution in [2.45, 2.75) is 71.9 Å². The maximum absolute atomic E-state index is 13.8. The second-order valence-corrected chi connectivity index (χ2v) is 11.6. The van der Waals surface area contributed by atoms with Gasteiger partial charge in [0.2, 0.25) is 5.91 Å². The van der Waals surface area contributed by atoms with E-state index in [4.69, 9.17) is 9.47 Å². The summed E-state index contributed by atoms with van der Waals surface area (Å²) in [5, 5.41) is 7.73. The van der Waals surface area contributed by atoms with E-state index in [-0.39, 0.29) is 23.9 Å². The van der Waals surface area contributed by atoms with Crippen LogP contribution in [0.1, 0.15) is 81.9 Å². The van der Waals surface area contributed by atoms with E-state index in [0.29, 0.717) is 44.7 Å². The molecule has 1 unspecified atom stereocenters. The topological polar surface area (TPSA) is 101 Å². The normalized spacial score (nSPS) is 22.3. The lowest BCUT2D eigenvalue weighted by molar-refractivity contribution is -0.129. The second kappa shape index (κ2) is 15.3. The lowest BCUT2D eigenvalue weighted by atomic mass is 9.93. The van der Waals surface area contributed by atoms with Gasteiger partial charge < -0.3 is 19.7 Å². The molecule has 0 bridgehead atoms. The summed E-state index contributed by atoms with van der Waals surface area (Å²) in [6.07, 6.45) is 11.6. The van der Waals surface area contributed by atoms with Gasteiger partial charge in [0.05, 0.1) is 42.4 Å². The van der Waals surface area contributed by atoms with Gasteiger partial charge in [-0.25, -0.2) is 0 Å². The van der Waals surface area contributed by atoms with Crippen molar-refractivity contribution >= 4 is 24.1 Å². The summed E-state index contributed by atoms with van der Waals surface area (Å²) < 4.78 is 12.9. The highest BCUT2D eigenvalue weighted by Crippen LogP contribution is 2.33. The standard InChI is InChI=1S/C33H48N6O4/c1-7-23(2)28(33(41)38-15-13-37(14-16-38)22-26(20-34-5)19-24(3)42-6)9-8-10-29-25(4)36-32(40)30-21-35-39(31(29)30)27-11-17-43-18-12-27/h10,19-21,25,27H,5,7-9,11-18,22H2,1-4,6H3,(H,36,40)/b24-19+,26-20+,28-23+,29-10+. The minimum Gasteiger partial charge on any atom is -0.501 e. The molecule has 0 saturated carbocycles. The summed E-state index contributed by atoms with van der Waals surface area (Å²) in [6.45, 7) is 16.8. The van der Waals surface area contributed by atoms with E-state index >= 15 is 0 Å². The predicted octanol–water partition coefficient (Wildman–Crippen LogP) is 4.54. The van der Waals surface area contributed by atoms with Crippen LogP contribution in [-0.4, -0.2) is 97.2 Å². The summed E-state index contributed by atoms with van der Waals surface area (Å²) in [5.41, 5.74) is 5.67. The molecule has 3 aliphatic heterocycles. The van der Waals surface area contributed by atoms with Gasteiger partial charge in [-0.05, 0) is 76.8 Å². The number of allylic oxidation sites excluding steroid dienone is 3. The maximum atomic E-state index is 13.8. The zero-order valence-corrected chi connectivity index (χ0v) is 26.5. The number of methoxy groups -OCH3 is 1. The van der Waals surface area contributed by atoms with Gasteiger partial charge in [-0.15, -0.1) is 0 Å². The average molecular weight is 593 g/mol. The molecule has 1 atom stereocenters. The summed E-state index contributed by atoms with van der Waals surface area (Å²) >= 11 is 0. The molecule has 2 saturated heterocycles. The predicted molar refractivity (Wildman–Crippen MR) is 170 cm³/mol. The van der Waals surface area contributed by atoms with Crippen LogP contribution in [0.4, 0.5) is 0 Å². The molecule has 234 valence electrons. The van der Waals surface area contributed by atoms with Gasteiger partial charge in [0.15, 0.2) is 0 Å². The number of fused-ring (bicyclic) bond motifs is 1. The summed E-state index contributed by atoms with van der Waals surface area (Å²) in [5.74, 6) is 0.870. The monoisotopic (exact) mass is 592 g/mol. The molecule has 1 aromatic rings. The molecule has 10 nitrogen and oxygen atoms in total. The molecule has 43 heavy (non-hydrogen) atoms. The first kappa shape index (κ1) is 32.4. The van der Waals surface area contributed by atoms with E-state index in [1.807, 2.05) is 29.5 Å². The molecule has 0 aliphatic carbocycles. The van der Waals surface area contributed by atoms with Crippen LogP contribution in [0.25, 0.3) is 5.57 Å². The van der Waals surface area contributed by atoms with Gasteiger partial charge >= 0.3 is 0 Å². The number of rotatable bonds is 11. The van der Waals surface area contributed by atoms with Crippen molar-refractivity contribution in [2.75, 3.05) is 53.0 Å². The second-order valence-electron chi connectivity index (χ2n) is 11.6. The summed E-state index contributed by atoms with van der Waals surface area (Å²) in [4.78, 5) is 34.9. The van der Waals surface area contributed by atoms with Crippen molar-refractivity contribution in [3.8, 4) is 0 Å². The molecular weight excluding hydrogens is 544 g/mol. The van der Waals surface area contributed by atoms with Crippen molar-refractivity contribution in [3.63, 3.8) is 0 Å². The Hall–Kier alpha value is -3.50. The Morgan fingerprint density at radius 3 is 2.60 bits per heavy atom. The van der Waals surface area contributed by atoms with Gasteiger partial charge in [-0.3, -0.25) is 24.2 Å². The van der Waals surface area contributed by atoms with Crippen LogP contribution in [0.5, 0.6) is 0 Å². The Kier molecular flexibility index (Phi) is 11.5. The molecule has 1 N–H and O–H groups in total. The largest absolute Gasteiger partial charge is 0.501 e. The van der Waals surface area contributed by atoms with E-state index in [1.54, 1.807) is 19.5 Å². The minimum absolute atomic E-state index is 0.0806. The molecule has 3 aliphatic rings. The Bertz CT molecular complexity index is 1290. The fraction of sp³-hybridized carbons (Fsp3) is 0.576. The lowest BCUT2D eigenvalue weighted by Crippen LogP contribution is -2.49. The third-order valence-electron chi connectivity index (χ3n) is 8.76. The van der Waals surface area contributed by atoms with Crippen LogP contribution in [0.3, 0.4) is 0 Å². The molecule has 2 fully saturated rings. The molecule has 1 aromatic heterocycles. The Labute approximate surface area is 256 Å². The van der Waals surface area contributed by atoms with Gasteiger partial charge in [0.25, 0.3) is 5.91 Å². The number of nitrogens with zero attached hydrogens (tertiary/aromatic N) is 5. The van der Waals surface area contributed by atoms with Crippen molar-refractivity contribution in [2.24, 2.45) is 4.99 Å². The molecule has 0 radical (unpaired) electrons. The molecule has 0 aromatic carbocycles. The number of hydrogen-bond acceptors (Lipinski definition) is 7. The number of carbonyl (C=O) groups is 2. The zero-order chi connectivity index (χ0) is 30.9. The van der Waals surface area contributed by atoms with Crippen molar-refractivity contribution in [3.05, 3.63) is 58.3 Å². The van der Waals surface area contributed by atoms with Crippen molar-refractivity contribution in [1.82, 2.24) is 24.9 Å². The minimum atomic E-state index is -0.128. The Balaban J connectivity index is 1.44. The molecule has 10 heteroatoms.